The highest BCUT2D eigenvalue weighted by Gasteiger charge is 2.26. The van der Waals surface area contributed by atoms with Crippen LogP contribution in [0.4, 0.5) is 11.4 Å². The zero-order valence-corrected chi connectivity index (χ0v) is 16.9. The Morgan fingerprint density at radius 2 is 1.56 bits per heavy atom. The van der Waals surface area contributed by atoms with Gasteiger partial charge in [0, 0.05) is 37.6 Å². The van der Waals surface area contributed by atoms with E-state index in [1.807, 2.05) is 19.1 Å². The summed E-state index contributed by atoms with van der Waals surface area (Å²) in [5, 5.41) is 3.06. The van der Waals surface area contributed by atoms with Gasteiger partial charge in [-0.15, -0.1) is 0 Å². The lowest BCUT2D eigenvalue weighted by molar-refractivity contribution is -0.120. The molecule has 1 fully saturated rings. The lowest BCUT2D eigenvalue weighted by Crippen LogP contribution is -2.53. The number of amides is 1. The number of nitrogens with zero attached hydrogens (tertiary/aromatic N) is 2. The van der Waals surface area contributed by atoms with Crippen molar-refractivity contribution in [3.05, 3.63) is 59.7 Å². The zero-order chi connectivity index (χ0) is 19.4. The van der Waals surface area contributed by atoms with Crippen molar-refractivity contribution in [3.63, 3.8) is 0 Å². The monoisotopic (exact) mass is 365 g/mol. The molecular weight excluding hydrogens is 334 g/mol. The Morgan fingerprint density at radius 1 is 0.926 bits per heavy atom. The number of nitrogens with one attached hydrogen (secondary N) is 1. The largest absolute Gasteiger partial charge is 0.369 e. The van der Waals surface area contributed by atoms with Crippen LogP contribution in [0.25, 0.3) is 0 Å². The molecule has 2 aromatic rings. The fraction of sp³-hybridized carbons (Fsp3) is 0.435. The van der Waals surface area contributed by atoms with Crippen LogP contribution >= 0.6 is 0 Å². The highest BCUT2D eigenvalue weighted by molar-refractivity contribution is 5.94. The van der Waals surface area contributed by atoms with Gasteiger partial charge < -0.3 is 10.2 Å². The first kappa shape index (κ1) is 19.4. The molecule has 1 aliphatic rings. The molecule has 0 spiro atoms. The summed E-state index contributed by atoms with van der Waals surface area (Å²) in [5.41, 5.74) is 4.77. The van der Waals surface area contributed by atoms with E-state index in [1.54, 1.807) is 0 Å². The third-order valence-electron chi connectivity index (χ3n) is 5.54. The van der Waals surface area contributed by atoms with E-state index >= 15 is 0 Å². The van der Waals surface area contributed by atoms with Gasteiger partial charge >= 0.3 is 0 Å². The second-order valence-corrected chi connectivity index (χ2v) is 7.75. The minimum Gasteiger partial charge on any atom is -0.369 e. The fourth-order valence-electron chi connectivity index (χ4n) is 3.63. The van der Waals surface area contributed by atoms with Gasteiger partial charge in [-0.2, -0.15) is 0 Å². The van der Waals surface area contributed by atoms with Crippen molar-refractivity contribution in [1.82, 2.24) is 4.90 Å². The number of anilines is 2. The Hall–Kier alpha value is -2.33. The maximum Gasteiger partial charge on any atom is 0.241 e. The van der Waals surface area contributed by atoms with Gasteiger partial charge in [0.25, 0.3) is 0 Å². The van der Waals surface area contributed by atoms with Crippen LogP contribution in [0.2, 0.25) is 0 Å². The van der Waals surface area contributed by atoms with Crippen molar-refractivity contribution in [2.24, 2.45) is 0 Å². The molecule has 1 aliphatic heterocycles. The van der Waals surface area contributed by atoms with Crippen LogP contribution in [0, 0.1) is 6.92 Å². The number of rotatable bonds is 5. The van der Waals surface area contributed by atoms with Gasteiger partial charge in [0.05, 0.1) is 6.04 Å². The number of aryl methyl sites for hydroxylation is 1. The Kier molecular flexibility index (Phi) is 6.17. The van der Waals surface area contributed by atoms with Crippen molar-refractivity contribution in [2.45, 2.75) is 39.7 Å². The molecule has 1 N–H and O–H groups in total. The lowest BCUT2D eigenvalue weighted by Gasteiger charge is -2.39. The molecule has 0 aromatic heterocycles. The Labute approximate surface area is 163 Å². The number of para-hydroxylation sites is 1. The predicted octanol–water partition coefficient (Wildman–Crippen LogP) is 4.27. The first-order valence-corrected chi connectivity index (χ1v) is 9.91. The molecule has 2 aromatic carbocycles. The Bertz CT molecular complexity index is 761. The molecular formula is C23H31N3O. The number of benzene rings is 2. The normalized spacial score (nSPS) is 16.4. The molecule has 0 aliphatic carbocycles. The first-order valence-electron chi connectivity index (χ1n) is 9.91. The van der Waals surface area contributed by atoms with Crippen LogP contribution in [0.1, 0.15) is 37.8 Å². The van der Waals surface area contributed by atoms with E-state index in [-0.39, 0.29) is 11.9 Å². The number of hydrogen-bond donors (Lipinski definition) is 1. The van der Waals surface area contributed by atoms with Gasteiger partial charge in [0.2, 0.25) is 5.91 Å². The molecule has 0 unspecified atom stereocenters. The van der Waals surface area contributed by atoms with Gasteiger partial charge in [0.1, 0.15) is 0 Å². The highest BCUT2D eigenvalue weighted by atomic mass is 16.2. The van der Waals surface area contributed by atoms with Crippen LogP contribution < -0.4 is 10.2 Å². The van der Waals surface area contributed by atoms with Gasteiger partial charge in [-0.05, 0) is 49.1 Å². The second-order valence-electron chi connectivity index (χ2n) is 7.75. The number of piperazine rings is 1. The lowest BCUT2D eigenvalue weighted by atomic mass is 10.0. The van der Waals surface area contributed by atoms with Crippen LogP contribution in [0.15, 0.2) is 48.5 Å². The van der Waals surface area contributed by atoms with E-state index in [4.69, 9.17) is 0 Å². The molecule has 0 saturated carbocycles. The van der Waals surface area contributed by atoms with E-state index in [9.17, 15) is 4.79 Å². The Balaban J connectivity index is 1.54. The van der Waals surface area contributed by atoms with E-state index in [0.29, 0.717) is 5.92 Å². The molecule has 4 heteroatoms. The molecule has 1 atom stereocenters. The summed E-state index contributed by atoms with van der Waals surface area (Å²) in [5.74, 6) is 0.565. The van der Waals surface area contributed by atoms with Crippen molar-refractivity contribution >= 4 is 17.3 Å². The average Bonchev–Trinajstić information content (AvgIpc) is 2.68. The molecule has 1 saturated heterocycles. The van der Waals surface area contributed by atoms with Gasteiger partial charge in [-0.1, -0.05) is 44.2 Å². The number of hydrogen-bond acceptors (Lipinski definition) is 3. The maximum absolute atomic E-state index is 12.7. The Morgan fingerprint density at radius 3 is 2.15 bits per heavy atom. The second kappa shape index (κ2) is 8.57. The zero-order valence-electron chi connectivity index (χ0n) is 16.9. The summed E-state index contributed by atoms with van der Waals surface area (Å²) in [6.07, 6.45) is 0. The molecule has 1 heterocycles. The molecule has 0 bridgehead atoms. The molecule has 144 valence electrons. The summed E-state index contributed by atoms with van der Waals surface area (Å²) in [6.45, 7) is 12.2. The van der Waals surface area contributed by atoms with Crippen LogP contribution in [0.5, 0.6) is 0 Å². The smallest absolute Gasteiger partial charge is 0.241 e. The predicted molar refractivity (Wildman–Crippen MR) is 114 cm³/mol. The summed E-state index contributed by atoms with van der Waals surface area (Å²) in [7, 11) is 0. The van der Waals surface area contributed by atoms with Crippen molar-refractivity contribution in [2.75, 3.05) is 36.4 Å². The third-order valence-corrected chi connectivity index (χ3v) is 5.54. The molecule has 27 heavy (non-hydrogen) atoms. The SMILES string of the molecule is Cc1ccccc1N1CCN([C@H](C)C(=O)Nc2ccc(C(C)C)cc2)CC1. The van der Waals surface area contributed by atoms with Gasteiger partial charge in [-0.3, -0.25) is 9.69 Å². The van der Waals surface area contributed by atoms with Crippen LogP contribution in [-0.4, -0.2) is 43.0 Å². The van der Waals surface area contributed by atoms with Crippen LogP contribution in [-0.2, 0) is 4.79 Å². The first-order chi connectivity index (χ1) is 13.0. The molecule has 4 nitrogen and oxygen atoms in total. The van der Waals surface area contributed by atoms with Crippen molar-refractivity contribution in [3.8, 4) is 0 Å². The summed E-state index contributed by atoms with van der Waals surface area (Å²) in [6, 6.07) is 16.5. The molecule has 3 rings (SSSR count). The van der Waals surface area contributed by atoms with E-state index in [2.05, 4.69) is 72.3 Å². The maximum atomic E-state index is 12.7. The average molecular weight is 366 g/mol. The summed E-state index contributed by atoms with van der Waals surface area (Å²) >= 11 is 0. The third kappa shape index (κ3) is 4.69. The van der Waals surface area contributed by atoms with Crippen molar-refractivity contribution < 1.29 is 4.79 Å². The number of carbonyl (C=O) groups is 1. The standard InChI is InChI=1S/C23H31N3O/c1-17(2)20-9-11-21(12-10-20)24-23(27)19(4)25-13-15-26(16-14-25)22-8-6-5-7-18(22)3/h5-12,17,19H,13-16H2,1-4H3,(H,24,27)/t19-/m1/s1. The molecule has 0 radical (unpaired) electrons. The van der Waals surface area contributed by atoms with E-state index in [0.717, 1.165) is 31.9 Å². The van der Waals surface area contributed by atoms with Gasteiger partial charge in [-0.25, -0.2) is 0 Å². The van der Waals surface area contributed by atoms with Crippen molar-refractivity contribution in [1.29, 1.82) is 0 Å². The van der Waals surface area contributed by atoms with E-state index in [1.165, 1.54) is 16.8 Å². The minimum absolute atomic E-state index is 0.0663. The minimum atomic E-state index is -0.131. The highest BCUT2D eigenvalue weighted by Crippen LogP contribution is 2.22. The van der Waals surface area contributed by atoms with E-state index < -0.39 is 0 Å². The van der Waals surface area contributed by atoms with Gasteiger partial charge in [0.15, 0.2) is 0 Å². The van der Waals surface area contributed by atoms with Crippen LogP contribution in [0.3, 0.4) is 0 Å². The topological polar surface area (TPSA) is 35.6 Å². The summed E-state index contributed by atoms with van der Waals surface area (Å²) < 4.78 is 0. The summed E-state index contributed by atoms with van der Waals surface area (Å²) in [4.78, 5) is 17.4. The number of carbonyl (C=O) groups excluding carboxylic acids is 1. The fourth-order valence-corrected chi connectivity index (χ4v) is 3.63. The quantitative estimate of drug-likeness (QED) is 0.860. The molecule has 1 amide bonds.